The summed E-state index contributed by atoms with van der Waals surface area (Å²) in [4.78, 5) is 21.6. The number of aromatic nitrogens is 2. The number of nitrogens with one attached hydrogen (secondary N) is 1. The first-order chi connectivity index (χ1) is 18.7. The van der Waals surface area contributed by atoms with Crippen LogP contribution < -0.4 is 9.64 Å². The summed E-state index contributed by atoms with van der Waals surface area (Å²) < 4.78 is 6.13. The van der Waals surface area contributed by atoms with E-state index in [1.54, 1.807) is 6.20 Å². The Balaban J connectivity index is 1.14. The lowest BCUT2D eigenvalue weighted by molar-refractivity contribution is 0.112. The van der Waals surface area contributed by atoms with Gasteiger partial charge in [0.05, 0.1) is 11.8 Å². The second-order valence-corrected chi connectivity index (χ2v) is 10.3. The number of rotatable bonds is 7. The molecule has 1 N–H and O–H groups in total. The van der Waals surface area contributed by atoms with Crippen LogP contribution in [0.15, 0.2) is 91.3 Å². The molecule has 1 saturated heterocycles. The molecule has 5 aromatic rings. The summed E-state index contributed by atoms with van der Waals surface area (Å²) >= 11 is 6.11. The Morgan fingerprint density at radius 1 is 1.00 bits per heavy atom. The Labute approximate surface area is 227 Å². The molecule has 3 heterocycles. The molecule has 0 atom stereocenters. The van der Waals surface area contributed by atoms with Gasteiger partial charge in [0.1, 0.15) is 17.1 Å². The molecular weight excluding hydrogens is 494 g/mol. The number of pyridine rings is 1. The van der Waals surface area contributed by atoms with Gasteiger partial charge in [0.25, 0.3) is 0 Å². The fourth-order valence-electron chi connectivity index (χ4n) is 5.32. The van der Waals surface area contributed by atoms with Crippen molar-refractivity contribution in [3.8, 4) is 22.6 Å². The Kier molecular flexibility index (Phi) is 6.84. The molecule has 5 nitrogen and oxygen atoms in total. The first-order valence-corrected chi connectivity index (χ1v) is 13.3. The Morgan fingerprint density at radius 2 is 1.82 bits per heavy atom. The van der Waals surface area contributed by atoms with Crippen LogP contribution in [0.3, 0.4) is 0 Å². The van der Waals surface area contributed by atoms with E-state index in [0.29, 0.717) is 23.0 Å². The monoisotopic (exact) mass is 521 g/mol. The van der Waals surface area contributed by atoms with Crippen LogP contribution >= 0.6 is 11.6 Å². The minimum atomic E-state index is 0.525. The second kappa shape index (κ2) is 10.7. The zero-order valence-electron chi connectivity index (χ0n) is 20.9. The molecule has 0 spiro atoms. The molecule has 38 heavy (non-hydrogen) atoms. The van der Waals surface area contributed by atoms with Crippen molar-refractivity contribution in [2.24, 2.45) is 5.92 Å². The van der Waals surface area contributed by atoms with E-state index in [0.717, 1.165) is 60.4 Å². The van der Waals surface area contributed by atoms with E-state index in [2.05, 4.69) is 51.3 Å². The number of fused-ring (bicyclic) bond motifs is 1. The van der Waals surface area contributed by atoms with Gasteiger partial charge in [-0.15, -0.1) is 0 Å². The number of ether oxygens (including phenoxy) is 1. The van der Waals surface area contributed by atoms with Gasteiger partial charge in [-0.1, -0.05) is 48.0 Å². The highest BCUT2D eigenvalue weighted by Gasteiger charge is 2.22. The normalized spacial score (nSPS) is 14.1. The number of piperidine rings is 1. The maximum absolute atomic E-state index is 11.7. The van der Waals surface area contributed by atoms with Gasteiger partial charge < -0.3 is 14.6 Å². The highest BCUT2D eigenvalue weighted by Crippen LogP contribution is 2.34. The number of carbonyl (C=O) groups is 1. The molecule has 6 heteroatoms. The van der Waals surface area contributed by atoms with E-state index in [9.17, 15) is 4.79 Å². The van der Waals surface area contributed by atoms with E-state index in [1.165, 1.54) is 16.7 Å². The number of carbonyl (C=O) groups excluding carboxylic acids is 1. The third-order valence-corrected chi connectivity index (χ3v) is 7.64. The summed E-state index contributed by atoms with van der Waals surface area (Å²) in [5.74, 6) is 1.77. The second-order valence-electron chi connectivity index (χ2n) is 9.83. The van der Waals surface area contributed by atoms with Crippen LogP contribution in [-0.2, 0) is 6.42 Å². The Morgan fingerprint density at radius 3 is 2.63 bits per heavy atom. The first-order valence-electron chi connectivity index (χ1n) is 13.0. The molecule has 1 fully saturated rings. The van der Waals surface area contributed by atoms with Crippen LogP contribution in [0.2, 0.25) is 5.02 Å². The van der Waals surface area contributed by atoms with Crippen molar-refractivity contribution >= 4 is 34.6 Å². The third kappa shape index (κ3) is 5.15. The number of anilines is 1. The molecule has 190 valence electrons. The van der Waals surface area contributed by atoms with E-state index in [1.807, 2.05) is 48.7 Å². The summed E-state index contributed by atoms with van der Waals surface area (Å²) in [6.45, 7) is 1.93. The number of hydrogen-bond donors (Lipinski definition) is 1. The number of halogens is 1. The maximum Gasteiger partial charge on any atom is 0.153 e. The van der Waals surface area contributed by atoms with Gasteiger partial charge in [-0.3, -0.25) is 4.79 Å². The number of H-pyrrole nitrogens is 1. The van der Waals surface area contributed by atoms with E-state index < -0.39 is 0 Å². The molecule has 0 radical (unpaired) electrons. The van der Waals surface area contributed by atoms with Crippen molar-refractivity contribution in [1.82, 2.24) is 9.97 Å². The summed E-state index contributed by atoms with van der Waals surface area (Å²) in [5.41, 5.74) is 6.27. The van der Waals surface area contributed by atoms with E-state index in [-0.39, 0.29) is 0 Å². The van der Waals surface area contributed by atoms with Crippen LogP contribution in [0, 0.1) is 5.92 Å². The summed E-state index contributed by atoms with van der Waals surface area (Å²) in [7, 11) is 0. The lowest BCUT2D eigenvalue weighted by Gasteiger charge is -2.34. The van der Waals surface area contributed by atoms with Gasteiger partial charge in [-0.2, -0.15) is 0 Å². The fourth-order valence-corrected chi connectivity index (χ4v) is 5.45. The van der Waals surface area contributed by atoms with Crippen molar-refractivity contribution in [1.29, 1.82) is 0 Å². The lowest BCUT2D eigenvalue weighted by Crippen LogP contribution is -2.34. The molecule has 0 amide bonds. The molecule has 2 aromatic heterocycles. The standard InChI is InChI=1S/C32H28ClN3O2/c33-27-8-5-23(6-9-27)30-4-2-1-3-24(30)17-22-12-15-36(16-13-22)28-10-7-26(21-37)31(19-28)38-29-18-25-11-14-34-32(25)35-20-29/h1-11,14,18-22H,12-13,15-17H2,(H,34,35). The third-order valence-electron chi connectivity index (χ3n) is 7.39. The van der Waals surface area contributed by atoms with Crippen LogP contribution in [0.25, 0.3) is 22.2 Å². The topological polar surface area (TPSA) is 58.2 Å². The van der Waals surface area contributed by atoms with Gasteiger partial charge in [-0.05, 0) is 78.3 Å². The number of benzene rings is 3. The molecule has 0 saturated carbocycles. The largest absolute Gasteiger partial charge is 0.455 e. The molecule has 6 rings (SSSR count). The predicted octanol–water partition coefficient (Wildman–Crippen LogP) is 7.95. The Bertz CT molecular complexity index is 1570. The number of nitrogens with zero attached hydrogens (tertiary/aromatic N) is 2. The van der Waals surface area contributed by atoms with Crippen LogP contribution in [0.5, 0.6) is 11.5 Å². The highest BCUT2D eigenvalue weighted by atomic mass is 35.5. The van der Waals surface area contributed by atoms with Crippen molar-refractivity contribution in [2.75, 3.05) is 18.0 Å². The van der Waals surface area contributed by atoms with Crippen molar-refractivity contribution in [2.45, 2.75) is 19.3 Å². The molecule has 0 bridgehead atoms. The predicted molar refractivity (Wildman–Crippen MR) is 154 cm³/mol. The summed E-state index contributed by atoms with van der Waals surface area (Å²) in [5, 5.41) is 1.72. The van der Waals surface area contributed by atoms with Crippen molar-refractivity contribution < 1.29 is 9.53 Å². The van der Waals surface area contributed by atoms with Gasteiger partial charge in [-0.25, -0.2) is 4.98 Å². The minimum absolute atomic E-state index is 0.525. The average molecular weight is 522 g/mol. The number of aromatic amines is 1. The quantitative estimate of drug-likeness (QED) is 0.221. The van der Waals surface area contributed by atoms with Gasteiger partial charge in [0.2, 0.25) is 0 Å². The van der Waals surface area contributed by atoms with Gasteiger partial charge >= 0.3 is 0 Å². The molecule has 3 aromatic carbocycles. The van der Waals surface area contributed by atoms with E-state index in [4.69, 9.17) is 16.3 Å². The van der Waals surface area contributed by atoms with Crippen molar-refractivity contribution in [3.63, 3.8) is 0 Å². The maximum atomic E-state index is 11.7. The van der Waals surface area contributed by atoms with Gasteiger partial charge in [0, 0.05) is 41.4 Å². The average Bonchev–Trinajstić information content (AvgIpc) is 3.42. The zero-order valence-corrected chi connectivity index (χ0v) is 21.7. The van der Waals surface area contributed by atoms with Crippen LogP contribution in [0.4, 0.5) is 5.69 Å². The molecule has 0 aliphatic carbocycles. The Hall–Kier alpha value is -4.09. The number of hydrogen-bond acceptors (Lipinski definition) is 4. The SMILES string of the molecule is O=Cc1ccc(N2CCC(Cc3ccccc3-c3ccc(Cl)cc3)CC2)cc1Oc1cnc2[nH]ccc2c1. The van der Waals surface area contributed by atoms with Crippen LogP contribution in [0.1, 0.15) is 28.8 Å². The van der Waals surface area contributed by atoms with Crippen LogP contribution in [-0.4, -0.2) is 29.3 Å². The van der Waals surface area contributed by atoms with Gasteiger partial charge in [0.15, 0.2) is 6.29 Å². The minimum Gasteiger partial charge on any atom is -0.455 e. The van der Waals surface area contributed by atoms with Crippen molar-refractivity contribution in [3.05, 3.63) is 107 Å². The summed E-state index contributed by atoms with van der Waals surface area (Å²) in [6.07, 6.45) is 7.63. The smallest absolute Gasteiger partial charge is 0.153 e. The number of aldehydes is 1. The summed E-state index contributed by atoms with van der Waals surface area (Å²) in [6, 6.07) is 26.5. The first kappa shape index (κ1) is 24.3. The molecule has 1 aliphatic heterocycles. The molecule has 0 unspecified atom stereocenters. The molecule has 1 aliphatic rings. The molecular formula is C32H28ClN3O2. The van der Waals surface area contributed by atoms with E-state index >= 15 is 0 Å². The zero-order chi connectivity index (χ0) is 25.9. The lowest BCUT2D eigenvalue weighted by atomic mass is 9.87. The highest BCUT2D eigenvalue weighted by molar-refractivity contribution is 6.30. The fraction of sp³-hybridized carbons (Fsp3) is 0.188.